The highest BCUT2D eigenvalue weighted by Crippen LogP contribution is 2.37. The number of carboxylic acid groups (broad SMARTS) is 1. The zero-order valence-electron chi connectivity index (χ0n) is 18.4. The summed E-state index contributed by atoms with van der Waals surface area (Å²) in [4.78, 5) is 30.1. The number of carboxylic acids is 1. The van der Waals surface area contributed by atoms with Gasteiger partial charge in [-0.2, -0.15) is 0 Å². The highest BCUT2D eigenvalue weighted by Gasteiger charge is 2.28. The van der Waals surface area contributed by atoms with Gasteiger partial charge < -0.3 is 15.2 Å². The average Bonchev–Trinajstić information content (AvgIpc) is 2.82. The second-order valence-electron chi connectivity index (χ2n) is 7.95. The maximum atomic E-state index is 12.9. The Labute approximate surface area is 196 Å². The van der Waals surface area contributed by atoms with Crippen LogP contribution < -0.4 is 15.0 Å². The van der Waals surface area contributed by atoms with Crippen molar-refractivity contribution >= 4 is 35.1 Å². The number of nitrogens with zero attached hydrogens (tertiary/aromatic N) is 2. The van der Waals surface area contributed by atoms with Gasteiger partial charge in [0.05, 0.1) is 23.2 Å². The minimum atomic E-state index is -0.811. The van der Waals surface area contributed by atoms with Gasteiger partial charge in [-0.25, -0.2) is 9.78 Å². The number of para-hydroxylation sites is 1. The third kappa shape index (κ3) is 5.46. The number of aromatic nitrogens is 1. The molecule has 2 amide bonds. The Balaban J connectivity index is 1.51. The molecule has 2 atom stereocenters. The van der Waals surface area contributed by atoms with E-state index in [9.17, 15) is 9.59 Å². The van der Waals surface area contributed by atoms with Gasteiger partial charge in [0.15, 0.2) is 0 Å². The maximum Gasteiger partial charge on any atom is 0.326 e. The van der Waals surface area contributed by atoms with Gasteiger partial charge in [-0.3, -0.25) is 9.69 Å². The topological polar surface area (TPSA) is 91.8 Å². The fraction of sp³-hybridized carbons (Fsp3) is 0.240. The van der Waals surface area contributed by atoms with E-state index in [4.69, 9.17) is 9.84 Å². The molecule has 1 aromatic heterocycles. The molecule has 7 nitrogen and oxygen atoms in total. The van der Waals surface area contributed by atoms with E-state index >= 15 is 0 Å². The molecule has 0 aliphatic carbocycles. The van der Waals surface area contributed by atoms with Gasteiger partial charge in [-0.1, -0.05) is 37.3 Å². The number of anilines is 2. The Morgan fingerprint density at radius 1 is 1.18 bits per heavy atom. The van der Waals surface area contributed by atoms with Crippen LogP contribution in [0.15, 0.2) is 71.9 Å². The lowest BCUT2D eigenvalue weighted by molar-refractivity contribution is -0.140. The molecule has 0 radical (unpaired) electrons. The summed E-state index contributed by atoms with van der Waals surface area (Å²) < 4.78 is 6.03. The maximum absolute atomic E-state index is 12.9. The molecule has 1 aliphatic rings. The van der Waals surface area contributed by atoms with Gasteiger partial charge in [-0.05, 0) is 42.8 Å². The molecule has 2 N–H and O–H groups in total. The number of fused-ring (bicyclic) bond motifs is 1. The summed E-state index contributed by atoms with van der Waals surface area (Å²) in [5, 5.41) is 12.7. The third-order valence-electron chi connectivity index (χ3n) is 5.26. The number of hydrogen-bond donors (Lipinski definition) is 2. The second kappa shape index (κ2) is 9.95. The van der Waals surface area contributed by atoms with Crippen molar-refractivity contribution in [2.75, 3.05) is 22.5 Å². The Morgan fingerprint density at radius 2 is 1.94 bits per heavy atom. The first-order valence-corrected chi connectivity index (χ1v) is 11.7. The SMILES string of the molecule is CC1CN(C(=O)Nc2ccccc2)c2ccc(-c3ccc(SCC(C)C(=O)O)nc3)cc2O1. The van der Waals surface area contributed by atoms with E-state index in [1.165, 1.54) is 11.8 Å². The second-order valence-corrected chi connectivity index (χ2v) is 8.99. The van der Waals surface area contributed by atoms with E-state index in [1.54, 1.807) is 18.0 Å². The van der Waals surface area contributed by atoms with Crippen LogP contribution in [-0.2, 0) is 4.79 Å². The highest BCUT2D eigenvalue weighted by atomic mass is 32.2. The Bertz CT molecular complexity index is 1140. The summed E-state index contributed by atoms with van der Waals surface area (Å²) in [6.45, 7) is 4.07. The van der Waals surface area contributed by atoms with Crippen LogP contribution in [0.4, 0.5) is 16.2 Å². The lowest BCUT2D eigenvalue weighted by Gasteiger charge is -2.33. The number of benzene rings is 2. The van der Waals surface area contributed by atoms with Crippen molar-refractivity contribution in [3.05, 3.63) is 66.9 Å². The summed E-state index contributed by atoms with van der Waals surface area (Å²) in [5.74, 6) is -0.136. The molecule has 8 heteroatoms. The molecule has 2 aromatic carbocycles. The van der Waals surface area contributed by atoms with Crippen molar-refractivity contribution in [3.63, 3.8) is 0 Å². The van der Waals surface area contributed by atoms with Crippen molar-refractivity contribution in [2.45, 2.75) is 25.0 Å². The Kier molecular flexibility index (Phi) is 6.84. The third-order valence-corrected chi connectivity index (χ3v) is 6.47. The molecule has 33 heavy (non-hydrogen) atoms. The molecule has 0 saturated heterocycles. The quantitative estimate of drug-likeness (QED) is 0.477. The fourth-order valence-corrected chi connectivity index (χ4v) is 4.30. The number of thioether (sulfide) groups is 1. The van der Waals surface area contributed by atoms with E-state index in [2.05, 4.69) is 10.3 Å². The molecular weight excluding hydrogens is 438 g/mol. The number of rotatable bonds is 6. The van der Waals surface area contributed by atoms with E-state index in [0.29, 0.717) is 23.7 Å². The number of amides is 2. The average molecular weight is 464 g/mol. The van der Waals surface area contributed by atoms with E-state index in [1.807, 2.05) is 67.6 Å². The number of urea groups is 1. The predicted molar refractivity (Wildman–Crippen MR) is 130 cm³/mol. The minimum Gasteiger partial charge on any atom is -0.487 e. The standard InChI is InChI=1S/C25H25N3O4S/c1-16(24(29)30)15-33-23-11-9-19(13-26-23)18-8-10-21-22(12-18)32-17(2)14-28(21)25(31)27-20-6-4-3-5-7-20/h3-13,16-17H,14-15H2,1-2H3,(H,27,31)(H,29,30). The molecule has 2 unspecified atom stereocenters. The monoisotopic (exact) mass is 463 g/mol. The zero-order valence-corrected chi connectivity index (χ0v) is 19.2. The molecular formula is C25H25N3O4S. The number of aliphatic carboxylic acids is 1. The molecule has 3 aromatic rings. The first-order valence-electron chi connectivity index (χ1n) is 10.7. The van der Waals surface area contributed by atoms with Crippen LogP contribution in [0.25, 0.3) is 11.1 Å². The molecule has 0 saturated carbocycles. The Morgan fingerprint density at radius 3 is 2.64 bits per heavy atom. The minimum absolute atomic E-state index is 0.151. The number of hydrogen-bond acceptors (Lipinski definition) is 5. The van der Waals surface area contributed by atoms with Gasteiger partial charge in [0.1, 0.15) is 11.9 Å². The fourth-order valence-electron chi connectivity index (χ4n) is 3.44. The van der Waals surface area contributed by atoms with Crippen molar-refractivity contribution < 1.29 is 19.4 Å². The predicted octanol–water partition coefficient (Wildman–Crippen LogP) is 5.38. The van der Waals surface area contributed by atoms with Gasteiger partial charge in [0.25, 0.3) is 0 Å². The summed E-state index contributed by atoms with van der Waals surface area (Å²) in [6, 6.07) is 18.7. The Hall–Kier alpha value is -3.52. The van der Waals surface area contributed by atoms with Crippen LogP contribution in [0, 0.1) is 5.92 Å². The van der Waals surface area contributed by atoms with Crippen LogP contribution in [0.1, 0.15) is 13.8 Å². The summed E-state index contributed by atoms with van der Waals surface area (Å²) in [7, 11) is 0. The van der Waals surface area contributed by atoms with Gasteiger partial charge in [0.2, 0.25) is 0 Å². The lowest BCUT2D eigenvalue weighted by atomic mass is 10.1. The zero-order chi connectivity index (χ0) is 23.4. The molecule has 1 aliphatic heterocycles. The lowest BCUT2D eigenvalue weighted by Crippen LogP contribution is -2.44. The van der Waals surface area contributed by atoms with Crippen molar-refractivity contribution in [1.82, 2.24) is 4.98 Å². The van der Waals surface area contributed by atoms with Gasteiger partial charge >= 0.3 is 12.0 Å². The molecule has 0 fully saturated rings. The largest absolute Gasteiger partial charge is 0.487 e. The summed E-state index contributed by atoms with van der Waals surface area (Å²) in [5.41, 5.74) is 3.29. The number of nitrogens with one attached hydrogen (secondary N) is 1. The molecule has 0 bridgehead atoms. The normalized spacial score (nSPS) is 15.8. The molecule has 2 heterocycles. The van der Waals surface area contributed by atoms with E-state index in [-0.39, 0.29) is 12.1 Å². The first-order chi connectivity index (χ1) is 15.9. The van der Waals surface area contributed by atoms with E-state index < -0.39 is 11.9 Å². The van der Waals surface area contributed by atoms with Gasteiger partial charge in [0, 0.05) is 23.2 Å². The number of pyridine rings is 1. The molecule has 0 spiro atoms. The van der Waals surface area contributed by atoms with E-state index in [0.717, 1.165) is 21.8 Å². The first kappa shape index (κ1) is 22.7. The van der Waals surface area contributed by atoms with Crippen LogP contribution in [0.3, 0.4) is 0 Å². The molecule has 4 rings (SSSR count). The number of carbonyl (C=O) groups is 2. The van der Waals surface area contributed by atoms with Gasteiger partial charge in [-0.15, -0.1) is 11.8 Å². The van der Waals surface area contributed by atoms with Crippen LogP contribution in [0.5, 0.6) is 5.75 Å². The summed E-state index contributed by atoms with van der Waals surface area (Å²) >= 11 is 1.42. The van der Waals surface area contributed by atoms with Crippen LogP contribution in [-0.4, -0.2) is 40.5 Å². The van der Waals surface area contributed by atoms with Crippen LogP contribution in [0.2, 0.25) is 0 Å². The number of ether oxygens (including phenoxy) is 1. The van der Waals surface area contributed by atoms with Crippen molar-refractivity contribution in [3.8, 4) is 16.9 Å². The van der Waals surface area contributed by atoms with Crippen molar-refractivity contribution in [1.29, 1.82) is 0 Å². The molecule has 170 valence electrons. The highest BCUT2D eigenvalue weighted by molar-refractivity contribution is 7.99. The smallest absolute Gasteiger partial charge is 0.326 e. The summed E-state index contributed by atoms with van der Waals surface area (Å²) in [6.07, 6.45) is 1.61. The number of carbonyl (C=O) groups excluding carboxylic acids is 1. The van der Waals surface area contributed by atoms with Crippen molar-refractivity contribution in [2.24, 2.45) is 5.92 Å². The van der Waals surface area contributed by atoms with Crippen LogP contribution >= 0.6 is 11.8 Å².